The zero-order chi connectivity index (χ0) is 32.2. The highest BCUT2D eigenvalue weighted by Crippen LogP contribution is 2.41. The van der Waals surface area contributed by atoms with Gasteiger partial charge in [-0.1, -0.05) is 12.1 Å². The first kappa shape index (κ1) is 32.9. The highest BCUT2D eigenvalue weighted by Gasteiger charge is 2.36. The summed E-state index contributed by atoms with van der Waals surface area (Å²) in [6.45, 7) is -1.12. The van der Waals surface area contributed by atoms with Crippen LogP contribution >= 0.6 is 0 Å². The number of benzene rings is 3. The Morgan fingerprint density at radius 2 is 1.75 bits per heavy atom. The molecule has 0 bridgehead atoms. The summed E-state index contributed by atoms with van der Waals surface area (Å²) in [4.78, 5) is 12.0. The Morgan fingerprint density at radius 3 is 2.43 bits per heavy atom. The molecule has 3 aromatic rings. The third kappa shape index (κ3) is 7.94. The van der Waals surface area contributed by atoms with E-state index in [1.54, 1.807) is 13.0 Å². The molecule has 1 N–H and O–H groups in total. The van der Waals surface area contributed by atoms with Crippen molar-refractivity contribution in [2.24, 2.45) is 0 Å². The van der Waals surface area contributed by atoms with Gasteiger partial charge in [-0.15, -0.1) is 0 Å². The number of nitrogens with zero attached hydrogens (tertiary/aromatic N) is 2. The molecule has 44 heavy (non-hydrogen) atoms. The van der Waals surface area contributed by atoms with E-state index in [4.69, 9.17) is 9.84 Å². The minimum absolute atomic E-state index is 0.00432. The van der Waals surface area contributed by atoms with Crippen LogP contribution in [0.25, 0.3) is 11.1 Å². The number of aliphatic carboxylic acids is 1. The molecule has 0 fully saturated rings. The molecule has 238 valence electrons. The number of carboxylic acid groups (broad SMARTS) is 1. The fourth-order valence-corrected chi connectivity index (χ4v) is 6.24. The first-order chi connectivity index (χ1) is 20.6. The van der Waals surface area contributed by atoms with Gasteiger partial charge in [0.2, 0.25) is 0 Å². The molecule has 1 aliphatic rings. The predicted octanol–water partition coefficient (Wildman–Crippen LogP) is 6.40. The maximum Gasteiger partial charge on any atom is 0.416 e. The van der Waals surface area contributed by atoms with Crippen LogP contribution in [-0.4, -0.2) is 58.5 Å². The second-order valence-electron chi connectivity index (χ2n) is 9.96. The summed E-state index contributed by atoms with van der Waals surface area (Å²) in [5.41, 5.74) is -0.342. The lowest BCUT2D eigenvalue weighted by molar-refractivity contribution is -0.139. The lowest BCUT2D eigenvalue weighted by atomic mass is 10.0. The van der Waals surface area contributed by atoms with Crippen LogP contribution in [0.4, 0.5) is 37.7 Å². The van der Waals surface area contributed by atoms with Gasteiger partial charge in [0.25, 0.3) is 10.0 Å². The molecule has 3 aromatic carbocycles. The number of carbonyl (C=O) groups is 1. The number of carboxylic acids is 1. The van der Waals surface area contributed by atoms with Crippen LogP contribution in [0.5, 0.6) is 5.75 Å². The Balaban J connectivity index is 1.73. The maximum atomic E-state index is 14.3. The van der Waals surface area contributed by atoms with Gasteiger partial charge in [0.05, 0.1) is 47.5 Å². The third-order valence-corrected chi connectivity index (χ3v) is 8.67. The topological polar surface area (TPSA) is 96.4 Å². The zero-order valence-corrected chi connectivity index (χ0v) is 24.0. The lowest BCUT2D eigenvalue weighted by Crippen LogP contribution is -2.44. The fraction of sp³-hybridized carbons (Fsp3) is 0.345. The smallest absolute Gasteiger partial charge is 0.416 e. The Kier molecular flexibility index (Phi) is 9.98. The summed E-state index contributed by atoms with van der Waals surface area (Å²) in [7, 11) is -4.54. The van der Waals surface area contributed by atoms with Gasteiger partial charge in [0.1, 0.15) is 11.6 Å². The van der Waals surface area contributed by atoms with Crippen LogP contribution in [0.3, 0.4) is 0 Å². The number of ether oxygens (including phenoxy) is 2. The molecule has 4 rings (SSSR count). The molecule has 1 unspecified atom stereocenters. The fourth-order valence-electron chi connectivity index (χ4n) is 4.73. The molecular weight excluding hydrogens is 618 g/mol. The van der Waals surface area contributed by atoms with E-state index in [0.717, 1.165) is 40.7 Å². The molecule has 0 aromatic heterocycles. The third-order valence-electron chi connectivity index (χ3n) is 6.86. The van der Waals surface area contributed by atoms with E-state index in [1.165, 1.54) is 12.1 Å². The Labute approximate surface area is 249 Å². The standard InChI is InChI=1S/C29H28F6N2O6S/c1-18(42-12-8-27(38)39)7-9-36-10-11-37(44(40,41)24-4-2-3-21(16-24)29(33,34)35)26-15-19(5-6-25(26)36)20-13-22(30)17-23(14-20)43-28(31)32/h2-6,13-18,28H,7-12H2,1H3,(H,38,39). The SMILES string of the molecule is CC(CCN1CCN(S(=O)(=O)c2cccc(C(F)(F)F)c2)c2cc(-c3cc(F)cc(OC(F)F)c3)ccc21)OCCC(=O)O. The molecule has 0 radical (unpaired) electrons. The number of halogens is 6. The van der Waals surface area contributed by atoms with Gasteiger partial charge in [0, 0.05) is 19.2 Å². The number of hydrogen-bond acceptors (Lipinski definition) is 6. The molecule has 8 nitrogen and oxygen atoms in total. The normalized spacial score (nSPS) is 14.5. The average Bonchev–Trinajstić information content (AvgIpc) is 2.94. The van der Waals surface area contributed by atoms with Crippen molar-refractivity contribution in [2.45, 2.75) is 43.6 Å². The minimum atomic E-state index is -4.78. The molecule has 0 saturated carbocycles. The summed E-state index contributed by atoms with van der Waals surface area (Å²) in [6, 6.07) is 10.8. The molecule has 1 heterocycles. The summed E-state index contributed by atoms with van der Waals surface area (Å²) in [6.07, 6.45) is -4.87. The molecule has 0 amide bonds. The van der Waals surface area contributed by atoms with E-state index in [0.29, 0.717) is 24.7 Å². The van der Waals surface area contributed by atoms with E-state index in [-0.39, 0.29) is 49.0 Å². The van der Waals surface area contributed by atoms with Crippen LogP contribution in [0, 0.1) is 5.82 Å². The molecule has 0 aliphatic carbocycles. The van der Waals surface area contributed by atoms with E-state index >= 15 is 0 Å². The van der Waals surface area contributed by atoms with Crippen molar-refractivity contribution in [1.29, 1.82) is 0 Å². The molecule has 0 spiro atoms. The Bertz CT molecular complexity index is 1600. The van der Waals surface area contributed by atoms with E-state index in [9.17, 15) is 39.6 Å². The maximum absolute atomic E-state index is 14.3. The van der Waals surface area contributed by atoms with E-state index < -0.39 is 50.8 Å². The van der Waals surface area contributed by atoms with Crippen molar-refractivity contribution in [1.82, 2.24) is 0 Å². The van der Waals surface area contributed by atoms with Crippen LogP contribution < -0.4 is 13.9 Å². The van der Waals surface area contributed by atoms with Crippen molar-refractivity contribution in [3.8, 4) is 16.9 Å². The number of rotatable bonds is 12. The number of anilines is 2. The van der Waals surface area contributed by atoms with Crippen molar-refractivity contribution < 1.29 is 54.1 Å². The lowest BCUT2D eigenvalue weighted by Gasteiger charge is -2.39. The monoisotopic (exact) mass is 646 g/mol. The summed E-state index contributed by atoms with van der Waals surface area (Å²) >= 11 is 0. The van der Waals surface area contributed by atoms with Crippen molar-refractivity contribution in [3.63, 3.8) is 0 Å². The first-order valence-electron chi connectivity index (χ1n) is 13.3. The van der Waals surface area contributed by atoms with Gasteiger partial charge in [-0.3, -0.25) is 9.10 Å². The Morgan fingerprint density at radius 1 is 1.00 bits per heavy atom. The second kappa shape index (κ2) is 13.3. The van der Waals surface area contributed by atoms with Crippen molar-refractivity contribution in [2.75, 3.05) is 35.4 Å². The van der Waals surface area contributed by atoms with Gasteiger partial charge >= 0.3 is 18.8 Å². The number of alkyl halides is 5. The number of hydrogen-bond donors (Lipinski definition) is 1. The summed E-state index contributed by atoms with van der Waals surface area (Å²) in [5.74, 6) is -2.35. The van der Waals surface area contributed by atoms with E-state index in [1.807, 2.05) is 4.90 Å². The highest BCUT2D eigenvalue weighted by atomic mass is 32.2. The molecule has 1 aliphatic heterocycles. The number of fused-ring (bicyclic) bond motifs is 1. The Hall–Kier alpha value is -3.98. The van der Waals surface area contributed by atoms with Gasteiger partial charge in [-0.25, -0.2) is 12.8 Å². The first-order valence-corrected chi connectivity index (χ1v) is 14.8. The second-order valence-corrected chi connectivity index (χ2v) is 11.8. The van der Waals surface area contributed by atoms with Crippen molar-refractivity contribution >= 4 is 27.4 Å². The van der Waals surface area contributed by atoms with Gasteiger partial charge < -0.3 is 19.5 Å². The van der Waals surface area contributed by atoms with Crippen LogP contribution in [0.1, 0.15) is 25.3 Å². The van der Waals surface area contributed by atoms with Gasteiger partial charge in [-0.05, 0) is 66.9 Å². The summed E-state index contributed by atoms with van der Waals surface area (Å²) in [5, 5.41) is 8.81. The van der Waals surface area contributed by atoms with Crippen LogP contribution in [0.2, 0.25) is 0 Å². The number of sulfonamides is 1. The van der Waals surface area contributed by atoms with Crippen molar-refractivity contribution in [3.05, 3.63) is 72.0 Å². The molecule has 15 heteroatoms. The van der Waals surface area contributed by atoms with Gasteiger partial charge in [-0.2, -0.15) is 22.0 Å². The van der Waals surface area contributed by atoms with Crippen LogP contribution in [-0.2, 0) is 25.7 Å². The largest absolute Gasteiger partial charge is 0.481 e. The van der Waals surface area contributed by atoms with Crippen LogP contribution in [0.15, 0.2) is 65.6 Å². The van der Waals surface area contributed by atoms with Gasteiger partial charge in [0.15, 0.2) is 0 Å². The zero-order valence-electron chi connectivity index (χ0n) is 23.2. The highest BCUT2D eigenvalue weighted by molar-refractivity contribution is 7.92. The molecule has 1 atom stereocenters. The average molecular weight is 647 g/mol. The minimum Gasteiger partial charge on any atom is -0.481 e. The predicted molar refractivity (Wildman–Crippen MR) is 149 cm³/mol. The summed E-state index contributed by atoms with van der Waals surface area (Å²) < 4.78 is 118. The molecular formula is C29H28F6N2O6S. The molecule has 0 saturated heterocycles. The quantitative estimate of drug-likeness (QED) is 0.228. The van der Waals surface area contributed by atoms with E-state index in [2.05, 4.69) is 4.74 Å².